The van der Waals surface area contributed by atoms with E-state index in [-0.39, 0.29) is 11.2 Å². The van der Waals surface area contributed by atoms with Crippen molar-refractivity contribution >= 4 is 0 Å². The van der Waals surface area contributed by atoms with E-state index in [1.54, 1.807) is 16.7 Å². The summed E-state index contributed by atoms with van der Waals surface area (Å²) in [5.74, 6) is 0.944. The van der Waals surface area contributed by atoms with Gasteiger partial charge in [-0.3, -0.25) is 4.79 Å². The molecule has 0 bridgehead atoms. The van der Waals surface area contributed by atoms with E-state index < -0.39 is 0 Å². The Morgan fingerprint density at radius 1 is 1.00 bits per heavy atom. The van der Waals surface area contributed by atoms with E-state index in [1.807, 2.05) is 42.6 Å². The van der Waals surface area contributed by atoms with Gasteiger partial charge in [0, 0.05) is 38.4 Å². The van der Waals surface area contributed by atoms with Gasteiger partial charge in [-0.05, 0) is 38.0 Å². The number of pyridine rings is 1. The average Bonchev–Trinajstić information content (AvgIpc) is 2.56. The van der Waals surface area contributed by atoms with Crippen molar-refractivity contribution in [3.05, 3.63) is 65.1 Å². The van der Waals surface area contributed by atoms with Gasteiger partial charge in [0.15, 0.2) is 0 Å². The van der Waals surface area contributed by atoms with Gasteiger partial charge in [0.1, 0.15) is 11.4 Å². The quantitative estimate of drug-likeness (QED) is 0.851. The molecule has 0 atom stereocenters. The van der Waals surface area contributed by atoms with Crippen LogP contribution >= 0.6 is 0 Å². The second-order valence-electron chi connectivity index (χ2n) is 6.44. The molecule has 3 rings (SSSR count). The van der Waals surface area contributed by atoms with Crippen molar-refractivity contribution < 1.29 is 4.74 Å². The number of benzene rings is 1. The van der Waals surface area contributed by atoms with E-state index in [1.165, 1.54) is 0 Å². The number of rotatable bonds is 5. The van der Waals surface area contributed by atoms with Gasteiger partial charge in [0.05, 0.1) is 0 Å². The number of para-hydroxylation sites is 1. The molecule has 1 aliphatic rings. The predicted octanol–water partition coefficient (Wildman–Crippen LogP) is 2.78. The Hall–Kier alpha value is -2.07. The number of hydrogen-bond donors (Lipinski definition) is 0. The van der Waals surface area contributed by atoms with Crippen molar-refractivity contribution in [3.63, 3.8) is 0 Å². The molecule has 1 saturated heterocycles. The second kappa shape index (κ2) is 7.01. The van der Waals surface area contributed by atoms with Crippen molar-refractivity contribution in [2.75, 3.05) is 19.6 Å². The number of likely N-dealkylation sites (tertiary alicyclic amines) is 1. The third-order valence-corrected chi connectivity index (χ3v) is 4.58. The van der Waals surface area contributed by atoms with Crippen molar-refractivity contribution in [2.45, 2.75) is 31.9 Å². The summed E-state index contributed by atoms with van der Waals surface area (Å²) in [6, 6.07) is 15.3. The standard InChI is InChI=1S/C19H24N2O2/c1-19(23-17-7-3-2-4-8-17)10-13-20(14-11-19)15-16-21-12-6-5-9-18(21)22/h2-9,12H,10-11,13-16H2,1H3. The lowest BCUT2D eigenvalue weighted by atomic mass is 9.93. The van der Waals surface area contributed by atoms with E-state index in [0.29, 0.717) is 0 Å². The fourth-order valence-corrected chi connectivity index (χ4v) is 3.02. The highest BCUT2D eigenvalue weighted by Crippen LogP contribution is 2.28. The van der Waals surface area contributed by atoms with Crippen LogP contribution in [0.2, 0.25) is 0 Å². The highest BCUT2D eigenvalue weighted by molar-refractivity contribution is 5.22. The Kier molecular flexibility index (Phi) is 4.82. The van der Waals surface area contributed by atoms with Gasteiger partial charge < -0.3 is 14.2 Å². The molecule has 122 valence electrons. The first-order chi connectivity index (χ1) is 11.1. The van der Waals surface area contributed by atoms with Crippen LogP contribution in [-0.2, 0) is 6.54 Å². The number of nitrogens with zero attached hydrogens (tertiary/aromatic N) is 2. The van der Waals surface area contributed by atoms with E-state index in [2.05, 4.69) is 11.8 Å². The van der Waals surface area contributed by atoms with Crippen molar-refractivity contribution in [1.29, 1.82) is 0 Å². The molecule has 2 aromatic rings. The molecule has 0 spiro atoms. The Morgan fingerprint density at radius 2 is 1.70 bits per heavy atom. The number of piperidine rings is 1. The molecule has 4 nitrogen and oxygen atoms in total. The van der Waals surface area contributed by atoms with Crippen LogP contribution in [0, 0.1) is 0 Å². The highest BCUT2D eigenvalue weighted by atomic mass is 16.5. The molecule has 0 aliphatic carbocycles. The third-order valence-electron chi connectivity index (χ3n) is 4.58. The lowest BCUT2D eigenvalue weighted by Gasteiger charge is -2.39. The van der Waals surface area contributed by atoms with E-state index >= 15 is 0 Å². The number of aromatic nitrogens is 1. The summed E-state index contributed by atoms with van der Waals surface area (Å²) >= 11 is 0. The van der Waals surface area contributed by atoms with E-state index in [9.17, 15) is 4.79 Å². The summed E-state index contributed by atoms with van der Waals surface area (Å²) in [6.45, 7) is 5.86. The fourth-order valence-electron chi connectivity index (χ4n) is 3.02. The molecule has 0 amide bonds. The maximum atomic E-state index is 11.7. The highest BCUT2D eigenvalue weighted by Gasteiger charge is 2.31. The van der Waals surface area contributed by atoms with E-state index in [4.69, 9.17) is 4.74 Å². The van der Waals surface area contributed by atoms with Crippen LogP contribution in [0.15, 0.2) is 59.5 Å². The Morgan fingerprint density at radius 3 is 2.39 bits per heavy atom. The first kappa shape index (κ1) is 15.8. The van der Waals surface area contributed by atoms with E-state index in [0.717, 1.165) is 44.8 Å². The van der Waals surface area contributed by atoms with Gasteiger partial charge in [-0.2, -0.15) is 0 Å². The van der Waals surface area contributed by atoms with Gasteiger partial charge in [0.2, 0.25) is 0 Å². The SMILES string of the molecule is CC1(Oc2ccccc2)CCN(CCn2ccccc2=O)CC1. The maximum Gasteiger partial charge on any atom is 0.250 e. The lowest BCUT2D eigenvalue weighted by molar-refractivity contribution is 0.0158. The number of ether oxygens (including phenoxy) is 1. The van der Waals surface area contributed by atoms with Crippen molar-refractivity contribution in [1.82, 2.24) is 9.47 Å². The largest absolute Gasteiger partial charge is 0.487 e. The molecule has 0 N–H and O–H groups in total. The zero-order valence-corrected chi connectivity index (χ0v) is 13.6. The van der Waals surface area contributed by atoms with Gasteiger partial charge in [-0.1, -0.05) is 24.3 Å². The summed E-state index contributed by atoms with van der Waals surface area (Å²) in [4.78, 5) is 14.1. The van der Waals surface area contributed by atoms with Crippen LogP contribution in [-0.4, -0.2) is 34.7 Å². The molecule has 0 unspecified atom stereocenters. The van der Waals surface area contributed by atoms with Crippen LogP contribution in [0.1, 0.15) is 19.8 Å². The first-order valence-corrected chi connectivity index (χ1v) is 8.27. The van der Waals surface area contributed by atoms with Gasteiger partial charge in [-0.25, -0.2) is 0 Å². The molecule has 1 fully saturated rings. The van der Waals surface area contributed by atoms with Crippen LogP contribution in [0.3, 0.4) is 0 Å². The molecule has 1 aromatic heterocycles. The molecule has 0 radical (unpaired) electrons. The first-order valence-electron chi connectivity index (χ1n) is 8.27. The smallest absolute Gasteiger partial charge is 0.250 e. The Bertz CT molecular complexity index is 673. The van der Waals surface area contributed by atoms with Gasteiger partial charge >= 0.3 is 0 Å². The van der Waals surface area contributed by atoms with Crippen LogP contribution < -0.4 is 10.3 Å². The molecule has 23 heavy (non-hydrogen) atoms. The molecule has 0 saturated carbocycles. The Balaban J connectivity index is 1.50. The summed E-state index contributed by atoms with van der Waals surface area (Å²) in [5, 5.41) is 0. The molecule has 2 heterocycles. The average molecular weight is 312 g/mol. The van der Waals surface area contributed by atoms with Gasteiger partial charge in [0.25, 0.3) is 5.56 Å². The maximum absolute atomic E-state index is 11.7. The zero-order chi connectivity index (χ0) is 16.1. The normalized spacial score (nSPS) is 17.8. The molecule has 1 aromatic carbocycles. The van der Waals surface area contributed by atoms with Gasteiger partial charge in [-0.15, -0.1) is 0 Å². The van der Waals surface area contributed by atoms with Crippen LogP contribution in [0.5, 0.6) is 5.75 Å². The van der Waals surface area contributed by atoms with Crippen LogP contribution in [0.4, 0.5) is 0 Å². The van der Waals surface area contributed by atoms with Crippen molar-refractivity contribution in [3.8, 4) is 5.75 Å². The van der Waals surface area contributed by atoms with Crippen molar-refractivity contribution in [2.24, 2.45) is 0 Å². The minimum Gasteiger partial charge on any atom is -0.487 e. The molecular weight excluding hydrogens is 288 g/mol. The second-order valence-corrected chi connectivity index (χ2v) is 6.44. The topological polar surface area (TPSA) is 34.5 Å². The summed E-state index contributed by atoms with van der Waals surface area (Å²) in [5.41, 5.74) is -0.0247. The fraction of sp³-hybridized carbons (Fsp3) is 0.421. The predicted molar refractivity (Wildman–Crippen MR) is 91.9 cm³/mol. The molecular formula is C19H24N2O2. The third kappa shape index (κ3) is 4.23. The summed E-state index contributed by atoms with van der Waals surface area (Å²) < 4.78 is 7.96. The monoisotopic (exact) mass is 312 g/mol. The lowest BCUT2D eigenvalue weighted by Crippen LogP contribution is -2.47. The zero-order valence-electron chi connectivity index (χ0n) is 13.6. The summed E-state index contributed by atoms with van der Waals surface area (Å²) in [6.07, 6.45) is 3.87. The minimum atomic E-state index is -0.0958. The minimum absolute atomic E-state index is 0.0711. The number of hydrogen-bond acceptors (Lipinski definition) is 3. The molecule has 1 aliphatic heterocycles. The Labute approximate surface area is 137 Å². The summed E-state index contributed by atoms with van der Waals surface area (Å²) in [7, 11) is 0. The molecule has 4 heteroatoms. The van der Waals surface area contributed by atoms with Crippen LogP contribution in [0.25, 0.3) is 0 Å².